The number of nitrogens with zero attached hydrogens (tertiary/aromatic N) is 3. The van der Waals surface area contributed by atoms with Crippen LogP contribution in [0.25, 0.3) is 11.3 Å². The molecule has 2 aromatic carbocycles. The van der Waals surface area contributed by atoms with Crippen molar-refractivity contribution in [1.82, 2.24) is 25.8 Å². The molecule has 2 atom stereocenters. The Morgan fingerprint density at radius 2 is 1.71 bits per heavy atom. The van der Waals surface area contributed by atoms with Crippen molar-refractivity contribution in [2.24, 2.45) is 0 Å². The second kappa shape index (κ2) is 12.1. The number of piperazine rings is 1. The summed E-state index contributed by atoms with van der Waals surface area (Å²) in [6.45, 7) is 3.97. The molecule has 2 unspecified atom stereocenters. The number of β-lactam (4-membered cyclic amide) rings is 1. The van der Waals surface area contributed by atoms with Gasteiger partial charge in [-0.05, 0) is 44.2 Å². The molecule has 2 saturated heterocycles. The Labute approximate surface area is 249 Å². The Kier molecular flexibility index (Phi) is 8.12. The van der Waals surface area contributed by atoms with E-state index < -0.39 is 17.8 Å². The molecule has 3 heterocycles. The summed E-state index contributed by atoms with van der Waals surface area (Å²) in [5.41, 5.74) is 1.20. The first-order chi connectivity index (χ1) is 20.4. The van der Waals surface area contributed by atoms with Crippen LogP contribution in [-0.2, 0) is 9.59 Å². The summed E-state index contributed by atoms with van der Waals surface area (Å²) in [5.74, 6) is -0.383. The van der Waals surface area contributed by atoms with E-state index in [0.29, 0.717) is 24.2 Å². The SMILES string of the molecule is CN1CCN(c2nc(-c3ccc(C(=O)NC4(C(=O)NC5C(=O)NC5Oc5ccccc5)CCCCC4)cc3)cs2)CC1. The van der Waals surface area contributed by atoms with E-state index in [1.807, 2.05) is 30.3 Å². The van der Waals surface area contributed by atoms with E-state index in [1.165, 1.54) is 0 Å². The highest BCUT2D eigenvalue weighted by molar-refractivity contribution is 7.14. The fourth-order valence-corrected chi connectivity index (χ4v) is 6.59. The summed E-state index contributed by atoms with van der Waals surface area (Å²) in [5, 5.41) is 11.7. The van der Waals surface area contributed by atoms with Gasteiger partial charge in [-0.25, -0.2) is 4.98 Å². The maximum Gasteiger partial charge on any atom is 0.252 e. The smallest absolute Gasteiger partial charge is 0.252 e. The van der Waals surface area contributed by atoms with Crippen LogP contribution < -0.4 is 25.6 Å². The van der Waals surface area contributed by atoms with E-state index in [4.69, 9.17) is 9.72 Å². The van der Waals surface area contributed by atoms with Crippen LogP contribution in [0.15, 0.2) is 60.0 Å². The molecular weight excluding hydrogens is 552 g/mol. The summed E-state index contributed by atoms with van der Waals surface area (Å²) in [7, 11) is 2.13. The minimum absolute atomic E-state index is 0.310. The first kappa shape index (κ1) is 28.2. The maximum atomic E-state index is 13.6. The quantitative estimate of drug-likeness (QED) is 0.347. The van der Waals surface area contributed by atoms with E-state index in [-0.39, 0.29) is 17.7 Å². The average molecular weight is 589 g/mol. The number of anilines is 1. The minimum atomic E-state index is -1.09. The molecule has 0 radical (unpaired) electrons. The number of para-hydroxylation sites is 1. The van der Waals surface area contributed by atoms with Crippen LogP contribution in [0, 0.1) is 0 Å². The van der Waals surface area contributed by atoms with Gasteiger partial charge in [0.15, 0.2) is 11.2 Å². The van der Waals surface area contributed by atoms with Gasteiger partial charge in [0.25, 0.3) is 11.8 Å². The summed E-state index contributed by atoms with van der Waals surface area (Å²) < 4.78 is 5.85. The van der Waals surface area contributed by atoms with Crippen molar-refractivity contribution in [3.8, 4) is 17.0 Å². The van der Waals surface area contributed by atoms with Crippen molar-refractivity contribution >= 4 is 34.2 Å². The number of thiazole rings is 1. The monoisotopic (exact) mass is 588 g/mol. The van der Waals surface area contributed by atoms with E-state index >= 15 is 0 Å². The van der Waals surface area contributed by atoms with Gasteiger partial charge in [0.05, 0.1) is 5.69 Å². The molecule has 3 aromatic rings. The Bertz CT molecular complexity index is 1410. The molecule has 3 aliphatic rings. The molecule has 3 amide bonds. The molecule has 10 nitrogen and oxygen atoms in total. The number of likely N-dealkylation sites (N-methyl/N-ethyl adjacent to an activating group) is 1. The molecule has 0 bridgehead atoms. The summed E-state index contributed by atoms with van der Waals surface area (Å²) >= 11 is 1.64. The molecule has 2 aliphatic heterocycles. The highest BCUT2D eigenvalue weighted by Gasteiger charge is 2.48. The van der Waals surface area contributed by atoms with Crippen molar-refractivity contribution in [3.63, 3.8) is 0 Å². The van der Waals surface area contributed by atoms with E-state index in [1.54, 1.807) is 35.6 Å². The number of hydrogen-bond donors (Lipinski definition) is 3. The summed E-state index contributed by atoms with van der Waals surface area (Å²) in [4.78, 5) is 48.9. The van der Waals surface area contributed by atoms with E-state index in [2.05, 4.69) is 38.2 Å². The fraction of sp³-hybridized carbons (Fsp3) is 0.419. The predicted molar refractivity (Wildman–Crippen MR) is 161 cm³/mol. The molecule has 220 valence electrons. The van der Waals surface area contributed by atoms with Gasteiger partial charge >= 0.3 is 0 Å². The molecule has 0 spiro atoms. The zero-order valence-corrected chi connectivity index (χ0v) is 24.5. The standard InChI is InChI=1S/C31H36N6O4S/c1-36-16-18-37(19-17-36)30-32-24(20-42-30)21-10-12-22(13-11-21)26(38)35-31(14-6-3-7-15-31)29(40)33-25-27(39)34-28(25)41-23-8-4-2-5-9-23/h2,4-5,8-13,20,25,28H,3,6-7,14-19H2,1H3,(H,33,40)(H,34,39)(H,35,38). The highest BCUT2D eigenvalue weighted by Crippen LogP contribution is 2.31. The first-order valence-corrected chi connectivity index (χ1v) is 15.4. The summed E-state index contributed by atoms with van der Waals surface area (Å²) in [6, 6.07) is 15.6. The topological polar surface area (TPSA) is 116 Å². The molecular formula is C31H36N6O4S. The third kappa shape index (κ3) is 5.98. The molecule has 11 heteroatoms. The van der Waals surface area contributed by atoms with Gasteiger partial charge in [0.2, 0.25) is 12.1 Å². The van der Waals surface area contributed by atoms with Gasteiger partial charge in [-0.15, -0.1) is 11.3 Å². The number of ether oxygens (including phenoxy) is 1. The average Bonchev–Trinajstić information content (AvgIpc) is 3.51. The van der Waals surface area contributed by atoms with Crippen LogP contribution in [0.4, 0.5) is 5.13 Å². The Morgan fingerprint density at radius 1 is 1.00 bits per heavy atom. The number of amides is 3. The Balaban J connectivity index is 1.11. The van der Waals surface area contributed by atoms with Crippen LogP contribution in [0.1, 0.15) is 42.5 Å². The van der Waals surface area contributed by atoms with Crippen molar-refractivity contribution in [1.29, 1.82) is 0 Å². The molecule has 3 N–H and O–H groups in total. The number of carbonyl (C=O) groups is 3. The molecule has 3 fully saturated rings. The lowest BCUT2D eigenvalue weighted by atomic mass is 9.80. The second-order valence-corrected chi connectivity index (χ2v) is 12.1. The minimum Gasteiger partial charge on any atom is -0.468 e. The molecule has 1 aliphatic carbocycles. The van der Waals surface area contributed by atoms with Gasteiger partial charge in [0.1, 0.15) is 11.3 Å². The zero-order chi connectivity index (χ0) is 29.1. The van der Waals surface area contributed by atoms with Crippen LogP contribution >= 0.6 is 11.3 Å². The first-order valence-electron chi connectivity index (χ1n) is 14.6. The lowest BCUT2D eigenvalue weighted by Crippen LogP contribution is -2.74. The van der Waals surface area contributed by atoms with Crippen molar-refractivity contribution in [3.05, 3.63) is 65.5 Å². The lowest BCUT2D eigenvalue weighted by molar-refractivity contribution is -0.145. The number of carbonyl (C=O) groups excluding carboxylic acids is 3. The zero-order valence-electron chi connectivity index (χ0n) is 23.7. The van der Waals surface area contributed by atoms with Crippen LogP contribution in [0.2, 0.25) is 0 Å². The molecule has 42 heavy (non-hydrogen) atoms. The van der Waals surface area contributed by atoms with Gasteiger partial charge in [-0.1, -0.05) is 49.6 Å². The van der Waals surface area contributed by atoms with Crippen LogP contribution in [0.3, 0.4) is 0 Å². The number of nitrogens with one attached hydrogen (secondary N) is 3. The van der Waals surface area contributed by atoms with Crippen molar-refractivity contribution in [2.75, 3.05) is 38.1 Å². The number of benzene rings is 2. The highest BCUT2D eigenvalue weighted by atomic mass is 32.1. The molecule has 1 aromatic heterocycles. The van der Waals surface area contributed by atoms with Gasteiger partial charge in [-0.2, -0.15) is 0 Å². The predicted octanol–water partition coefficient (Wildman–Crippen LogP) is 3.01. The van der Waals surface area contributed by atoms with Crippen molar-refractivity contribution in [2.45, 2.75) is 49.9 Å². The Morgan fingerprint density at radius 3 is 2.40 bits per heavy atom. The molecule has 1 saturated carbocycles. The maximum absolute atomic E-state index is 13.6. The van der Waals surface area contributed by atoms with E-state index in [0.717, 1.165) is 61.8 Å². The number of rotatable bonds is 8. The second-order valence-electron chi connectivity index (χ2n) is 11.3. The largest absolute Gasteiger partial charge is 0.468 e. The third-order valence-corrected chi connectivity index (χ3v) is 9.27. The van der Waals surface area contributed by atoms with E-state index in [9.17, 15) is 14.4 Å². The summed E-state index contributed by atoms with van der Waals surface area (Å²) in [6.07, 6.45) is 2.96. The number of hydrogen-bond acceptors (Lipinski definition) is 8. The Hall–Kier alpha value is -3.96. The van der Waals surface area contributed by atoms with Crippen molar-refractivity contribution < 1.29 is 19.1 Å². The normalized spacial score (nSPS) is 22.0. The fourth-order valence-electron chi connectivity index (χ4n) is 5.70. The van der Waals surface area contributed by atoms with Gasteiger partial charge < -0.3 is 30.5 Å². The van der Waals surface area contributed by atoms with Gasteiger partial charge in [0, 0.05) is 42.7 Å². The number of aromatic nitrogens is 1. The van der Waals surface area contributed by atoms with Gasteiger partial charge in [-0.3, -0.25) is 14.4 Å². The van der Waals surface area contributed by atoms with Crippen LogP contribution in [0.5, 0.6) is 5.75 Å². The lowest BCUT2D eigenvalue weighted by Gasteiger charge is -2.41. The third-order valence-electron chi connectivity index (χ3n) is 8.37. The molecule has 6 rings (SSSR count). The van der Waals surface area contributed by atoms with Crippen LogP contribution in [-0.4, -0.2) is 78.6 Å².